The fourth-order valence-corrected chi connectivity index (χ4v) is 1.79. The maximum atomic E-state index is 11.9. The van der Waals surface area contributed by atoms with Crippen LogP contribution in [0.4, 0.5) is 0 Å². The van der Waals surface area contributed by atoms with Crippen LogP contribution in [0.1, 0.15) is 30.6 Å². The fraction of sp³-hybridized carbons (Fsp3) is 0.400. The normalized spacial score (nSPS) is 13.0. The van der Waals surface area contributed by atoms with Gasteiger partial charge in [-0.15, -0.1) is 0 Å². The lowest BCUT2D eigenvalue weighted by atomic mass is 10.0. The molecule has 0 heterocycles. The summed E-state index contributed by atoms with van der Waals surface area (Å²) < 4.78 is 4.83. The average molecular weight is 293 g/mol. The molecule has 2 N–H and O–H groups in total. The largest absolute Gasteiger partial charge is 0.480 e. The lowest BCUT2D eigenvalue weighted by Gasteiger charge is -2.18. The summed E-state index contributed by atoms with van der Waals surface area (Å²) in [5, 5.41) is 11.6. The van der Waals surface area contributed by atoms with Gasteiger partial charge in [-0.25, -0.2) is 4.79 Å². The van der Waals surface area contributed by atoms with Crippen molar-refractivity contribution >= 4 is 17.8 Å². The van der Waals surface area contributed by atoms with Crippen molar-refractivity contribution in [3.63, 3.8) is 0 Å². The zero-order valence-corrected chi connectivity index (χ0v) is 12.0. The van der Waals surface area contributed by atoms with E-state index in [0.29, 0.717) is 5.56 Å². The molecule has 1 aromatic carbocycles. The number of hydrogen-bond donors (Lipinski definition) is 2. The molecule has 0 fully saturated rings. The summed E-state index contributed by atoms with van der Waals surface area (Å²) in [5.74, 6) is -2.76. The molecule has 0 saturated carbocycles. The number of rotatable bonds is 7. The van der Waals surface area contributed by atoms with Crippen LogP contribution in [0.2, 0.25) is 0 Å². The second-order valence-electron chi connectivity index (χ2n) is 4.62. The number of amides is 1. The Kier molecular flexibility index (Phi) is 6.39. The summed E-state index contributed by atoms with van der Waals surface area (Å²) in [6, 6.07) is 7.16. The van der Waals surface area contributed by atoms with E-state index in [1.165, 1.54) is 0 Å². The first-order valence-corrected chi connectivity index (χ1v) is 6.71. The van der Waals surface area contributed by atoms with Gasteiger partial charge in [-0.3, -0.25) is 9.59 Å². The molecule has 0 unspecified atom stereocenters. The molecule has 21 heavy (non-hydrogen) atoms. The van der Waals surface area contributed by atoms with Crippen molar-refractivity contribution in [2.45, 2.75) is 26.3 Å². The third-order valence-electron chi connectivity index (χ3n) is 2.92. The topological polar surface area (TPSA) is 92.7 Å². The van der Waals surface area contributed by atoms with Gasteiger partial charge in [0.05, 0.1) is 12.5 Å². The van der Waals surface area contributed by atoms with E-state index in [9.17, 15) is 14.4 Å². The van der Waals surface area contributed by atoms with Crippen LogP contribution in [-0.4, -0.2) is 35.6 Å². The molecule has 6 heteroatoms. The minimum atomic E-state index is -1.18. The van der Waals surface area contributed by atoms with E-state index in [-0.39, 0.29) is 13.0 Å². The van der Waals surface area contributed by atoms with E-state index < -0.39 is 29.8 Å². The van der Waals surface area contributed by atoms with Crippen LogP contribution < -0.4 is 5.32 Å². The van der Waals surface area contributed by atoms with Gasteiger partial charge in [0, 0.05) is 5.56 Å². The molecule has 0 bridgehead atoms. The molecular formula is C15H19NO5. The molecule has 114 valence electrons. The number of carboxylic acids is 1. The summed E-state index contributed by atoms with van der Waals surface area (Å²) in [4.78, 5) is 34.7. The van der Waals surface area contributed by atoms with Crippen LogP contribution >= 0.6 is 0 Å². The lowest BCUT2D eigenvalue weighted by Crippen LogP contribution is -2.42. The van der Waals surface area contributed by atoms with Crippen LogP contribution in [0.3, 0.4) is 0 Å². The second-order valence-corrected chi connectivity index (χ2v) is 4.62. The second kappa shape index (κ2) is 8.04. The van der Waals surface area contributed by atoms with Gasteiger partial charge in [-0.2, -0.15) is 0 Å². The highest BCUT2D eigenvalue weighted by atomic mass is 16.5. The fourth-order valence-electron chi connectivity index (χ4n) is 1.79. The van der Waals surface area contributed by atoms with Gasteiger partial charge < -0.3 is 15.2 Å². The first-order valence-electron chi connectivity index (χ1n) is 6.71. The first-order chi connectivity index (χ1) is 9.95. The molecule has 0 aliphatic heterocycles. The summed E-state index contributed by atoms with van der Waals surface area (Å²) >= 11 is 0. The molecule has 0 aliphatic carbocycles. The minimum absolute atomic E-state index is 0.0211. The SMILES string of the molecule is CCOC(=O)[C@@H](C)C[C@@H](NC(=O)c1ccccc1)C(=O)O. The smallest absolute Gasteiger partial charge is 0.326 e. The van der Waals surface area contributed by atoms with Gasteiger partial charge in [0.2, 0.25) is 0 Å². The van der Waals surface area contributed by atoms with Gasteiger partial charge in [-0.1, -0.05) is 25.1 Å². The molecule has 6 nitrogen and oxygen atoms in total. The van der Waals surface area contributed by atoms with Crippen molar-refractivity contribution in [1.82, 2.24) is 5.32 Å². The third-order valence-corrected chi connectivity index (χ3v) is 2.92. The van der Waals surface area contributed by atoms with Crippen LogP contribution in [0.5, 0.6) is 0 Å². The number of carbonyl (C=O) groups excluding carboxylic acids is 2. The first kappa shape index (κ1) is 16.7. The number of hydrogen-bond acceptors (Lipinski definition) is 4. The van der Waals surface area contributed by atoms with E-state index in [4.69, 9.17) is 9.84 Å². The third kappa shape index (κ3) is 5.25. The summed E-state index contributed by atoms with van der Waals surface area (Å²) in [5.41, 5.74) is 0.368. The molecule has 0 aliphatic rings. The summed E-state index contributed by atoms with van der Waals surface area (Å²) in [6.07, 6.45) is -0.0211. The maximum Gasteiger partial charge on any atom is 0.326 e. The van der Waals surface area contributed by atoms with Crippen molar-refractivity contribution in [1.29, 1.82) is 0 Å². The van der Waals surface area contributed by atoms with E-state index in [0.717, 1.165) is 0 Å². The van der Waals surface area contributed by atoms with Crippen LogP contribution in [0.15, 0.2) is 30.3 Å². The summed E-state index contributed by atoms with van der Waals surface area (Å²) in [7, 11) is 0. The Hall–Kier alpha value is -2.37. The zero-order valence-electron chi connectivity index (χ0n) is 12.0. The standard InChI is InChI=1S/C15H19NO5/c1-3-21-15(20)10(2)9-12(14(18)19)16-13(17)11-7-5-4-6-8-11/h4-8,10,12H,3,9H2,1-2H3,(H,16,17)(H,18,19)/t10-,12+/m0/s1. The number of esters is 1. The monoisotopic (exact) mass is 293 g/mol. The molecule has 1 amide bonds. The maximum absolute atomic E-state index is 11.9. The van der Waals surface area contributed by atoms with Gasteiger partial charge in [-0.05, 0) is 25.5 Å². The highest BCUT2D eigenvalue weighted by Gasteiger charge is 2.26. The zero-order chi connectivity index (χ0) is 15.8. The number of carbonyl (C=O) groups is 3. The molecule has 2 atom stereocenters. The Morgan fingerprint density at radius 1 is 1.24 bits per heavy atom. The lowest BCUT2D eigenvalue weighted by molar-refractivity contribution is -0.148. The Balaban J connectivity index is 2.68. The Bertz CT molecular complexity index is 500. The van der Waals surface area contributed by atoms with Crippen molar-refractivity contribution in [3.8, 4) is 0 Å². The van der Waals surface area contributed by atoms with Crippen molar-refractivity contribution < 1.29 is 24.2 Å². The Morgan fingerprint density at radius 3 is 2.38 bits per heavy atom. The Labute approximate surface area is 123 Å². The van der Waals surface area contributed by atoms with Crippen LogP contribution in [-0.2, 0) is 14.3 Å². The highest BCUT2D eigenvalue weighted by molar-refractivity contribution is 5.96. The van der Waals surface area contributed by atoms with E-state index >= 15 is 0 Å². The average Bonchev–Trinajstić information content (AvgIpc) is 2.47. The highest BCUT2D eigenvalue weighted by Crippen LogP contribution is 2.10. The number of ether oxygens (including phenoxy) is 1. The van der Waals surface area contributed by atoms with Crippen molar-refractivity contribution in [2.75, 3.05) is 6.61 Å². The predicted molar refractivity (Wildman–Crippen MR) is 75.7 cm³/mol. The molecule has 0 saturated heterocycles. The Morgan fingerprint density at radius 2 is 1.86 bits per heavy atom. The van der Waals surface area contributed by atoms with Gasteiger partial charge >= 0.3 is 11.9 Å². The molecule has 1 aromatic rings. The van der Waals surface area contributed by atoms with Gasteiger partial charge in [0.15, 0.2) is 0 Å². The minimum Gasteiger partial charge on any atom is -0.480 e. The molecule has 0 aromatic heterocycles. The number of nitrogens with one attached hydrogen (secondary N) is 1. The van der Waals surface area contributed by atoms with Crippen LogP contribution in [0.25, 0.3) is 0 Å². The van der Waals surface area contributed by atoms with E-state index in [1.54, 1.807) is 44.2 Å². The van der Waals surface area contributed by atoms with Crippen molar-refractivity contribution in [2.24, 2.45) is 5.92 Å². The molecule has 0 radical (unpaired) electrons. The van der Waals surface area contributed by atoms with E-state index in [1.807, 2.05) is 0 Å². The number of benzene rings is 1. The summed E-state index contributed by atoms with van der Waals surface area (Å²) in [6.45, 7) is 3.48. The number of carboxylic acid groups (broad SMARTS) is 1. The molecule has 0 spiro atoms. The van der Waals surface area contributed by atoms with Crippen molar-refractivity contribution in [3.05, 3.63) is 35.9 Å². The van der Waals surface area contributed by atoms with Crippen LogP contribution in [0, 0.1) is 5.92 Å². The molecular weight excluding hydrogens is 274 g/mol. The predicted octanol–water partition coefficient (Wildman–Crippen LogP) is 1.46. The van der Waals surface area contributed by atoms with Gasteiger partial charge in [0.1, 0.15) is 6.04 Å². The van der Waals surface area contributed by atoms with E-state index in [2.05, 4.69) is 5.32 Å². The quantitative estimate of drug-likeness (QED) is 0.742. The molecule has 1 rings (SSSR count). The van der Waals surface area contributed by atoms with Gasteiger partial charge in [0.25, 0.3) is 5.91 Å². The number of aliphatic carboxylic acids is 1.